The number of aliphatic hydroxyl groups is 1. The molecular formula is C18H17FN2O4S. The first kappa shape index (κ1) is 18.2. The van der Waals surface area contributed by atoms with Crippen molar-refractivity contribution < 1.29 is 23.8 Å². The zero-order valence-corrected chi connectivity index (χ0v) is 14.5. The number of nitrogens with one attached hydrogen (secondary N) is 2. The molecule has 0 bridgehead atoms. The molecule has 2 aromatic carbocycles. The molecule has 0 spiro atoms. The molecule has 2 amide bonds. The number of amides is 2. The van der Waals surface area contributed by atoms with Crippen molar-refractivity contribution in [2.45, 2.75) is 11.0 Å². The fraction of sp³-hybridized carbons (Fsp3) is 0.222. The number of carbonyl (C=O) groups is 2. The van der Waals surface area contributed by atoms with E-state index in [0.29, 0.717) is 22.8 Å². The van der Waals surface area contributed by atoms with E-state index in [1.54, 1.807) is 24.3 Å². The topological polar surface area (TPSA) is 87.7 Å². The minimum Gasteiger partial charge on any atom is -0.491 e. The van der Waals surface area contributed by atoms with Crippen LogP contribution >= 0.6 is 11.8 Å². The monoisotopic (exact) mass is 376 g/mol. The molecule has 0 aromatic heterocycles. The quantitative estimate of drug-likeness (QED) is 0.718. The van der Waals surface area contributed by atoms with Crippen LogP contribution in [0.15, 0.2) is 47.4 Å². The second-order valence-electron chi connectivity index (χ2n) is 5.68. The molecule has 0 saturated heterocycles. The Morgan fingerprint density at radius 2 is 2.19 bits per heavy atom. The van der Waals surface area contributed by atoms with Crippen LogP contribution in [0.4, 0.5) is 10.1 Å². The number of carbonyl (C=O) groups excluding carboxylic acids is 2. The summed E-state index contributed by atoms with van der Waals surface area (Å²) in [5.74, 6) is -0.246. The minimum absolute atomic E-state index is 0.0215. The summed E-state index contributed by atoms with van der Waals surface area (Å²) < 4.78 is 18.3. The van der Waals surface area contributed by atoms with Gasteiger partial charge in [-0.25, -0.2) is 4.39 Å². The maximum absolute atomic E-state index is 13.1. The Balaban J connectivity index is 1.50. The first-order valence-electron chi connectivity index (χ1n) is 7.92. The van der Waals surface area contributed by atoms with E-state index in [-0.39, 0.29) is 25.0 Å². The van der Waals surface area contributed by atoms with Gasteiger partial charge in [0.1, 0.15) is 24.3 Å². The summed E-state index contributed by atoms with van der Waals surface area (Å²) in [5, 5.41) is 15.2. The molecule has 0 unspecified atom stereocenters. The third-order valence-electron chi connectivity index (χ3n) is 3.61. The second kappa shape index (κ2) is 8.20. The summed E-state index contributed by atoms with van der Waals surface area (Å²) >= 11 is 1.41. The van der Waals surface area contributed by atoms with Crippen LogP contribution in [0.25, 0.3) is 0 Å². The lowest BCUT2D eigenvalue weighted by atomic mass is 10.1. The summed E-state index contributed by atoms with van der Waals surface area (Å²) in [4.78, 5) is 24.5. The van der Waals surface area contributed by atoms with E-state index in [1.807, 2.05) is 0 Å². The fourth-order valence-corrected chi connectivity index (χ4v) is 3.13. The van der Waals surface area contributed by atoms with Gasteiger partial charge in [-0.3, -0.25) is 9.59 Å². The summed E-state index contributed by atoms with van der Waals surface area (Å²) in [6.45, 7) is -0.104. The van der Waals surface area contributed by atoms with Gasteiger partial charge < -0.3 is 20.5 Å². The standard InChI is InChI=1S/C18H17FN2O4S/c19-12-2-1-3-14(7-12)25-9-13(22)8-20-18(24)11-4-5-16-15(6-11)21-17(23)10-26-16/h1-7,13,22H,8-10H2,(H,20,24)(H,21,23)/t13-/m1/s1. The molecule has 3 N–H and O–H groups in total. The van der Waals surface area contributed by atoms with Crippen molar-refractivity contribution in [2.24, 2.45) is 0 Å². The largest absolute Gasteiger partial charge is 0.491 e. The highest BCUT2D eigenvalue weighted by atomic mass is 32.2. The summed E-state index contributed by atoms with van der Waals surface area (Å²) in [7, 11) is 0. The lowest BCUT2D eigenvalue weighted by Gasteiger charge is -2.17. The number of hydrogen-bond donors (Lipinski definition) is 3. The van der Waals surface area contributed by atoms with Crippen LogP contribution in [0.1, 0.15) is 10.4 Å². The van der Waals surface area contributed by atoms with Crippen LogP contribution in [0.3, 0.4) is 0 Å². The van der Waals surface area contributed by atoms with Gasteiger partial charge in [0.25, 0.3) is 5.91 Å². The number of hydrogen-bond acceptors (Lipinski definition) is 5. The van der Waals surface area contributed by atoms with Crippen LogP contribution in [0.2, 0.25) is 0 Å². The summed E-state index contributed by atoms with van der Waals surface area (Å²) in [5.41, 5.74) is 0.985. The highest BCUT2D eigenvalue weighted by molar-refractivity contribution is 8.00. The molecule has 26 heavy (non-hydrogen) atoms. The number of rotatable bonds is 6. The maximum Gasteiger partial charge on any atom is 0.251 e. The van der Waals surface area contributed by atoms with E-state index in [0.717, 1.165) is 4.90 Å². The number of halogens is 1. The van der Waals surface area contributed by atoms with Crippen molar-refractivity contribution in [1.29, 1.82) is 0 Å². The normalized spacial score (nSPS) is 14.2. The molecule has 6 nitrogen and oxygen atoms in total. The zero-order valence-electron chi connectivity index (χ0n) is 13.7. The average molecular weight is 376 g/mol. The molecule has 1 heterocycles. The number of thioether (sulfide) groups is 1. The van der Waals surface area contributed by atoms with Crippen molar-refractivity contribution in [3.63, 3.8) is 0 Å². The van der Waals surface area contributed by atoms with E-state index >= 15 is 0 Å². The van der Waals surface area contributed by atoms with E-state index < -0.39 is 11.9 Å². The molecule has 2 aromatic rings. The Morgan fingerprint density at radius 1 is 1.35 bits per heavy atom. The van der Waals surface area contributed by atoms with Gasteiger partial charge in [0, 0.05) is 23.1 Å². The number of fused-ring (bicyclic) bond motifs is 1. The van der Waals surface area contributed by atoms with Crippen LogP contribution < -0.4 is 15.4 Å². The van der Waals surface area contributed by atoms with Gasteiger partial charge in [-0.05, 0) is 30.3 Å². The molecule has 1 aliphatic heterocycles. The summed E-state index contributed by atoms with van der Waals surface area (Å²) in [6, 6.07) is 10.6. The Labute approximate surface area is 153 Å². The van der Waals surface area contributed by atoms with Gasteiger partial charge in [0.05, 0.1) is 11.4 Å². The van der Waals surface area contributed by atoms with Crippen LogP contribution in [0, 0.1) is 5.82 Å². The van der Waals surface area contributed by atoms with Gasteiger partial charge in [-0.2, -0.15) is 0 Å². The second-order valence-corrected chi connectivity index (χ2v) is 6.70. The van der Waals surface area contributed by atoms with Gasteiger partial charge >= 0.3 is 0 Å². The van der Waals surface area contributed by atoms with Crippen molar-refractivity contribution in [3.05, 3.63) is 53.8 Å². The number of anilines is 1. The van der Waals surface area contributed by atoms with E-state index in [9.17, 15) is 19.1 Å². The lowest BCUT2D eigenvalue weighted by Crippen LogP contribution is -2.35. The van der Waals surface area contributed by atoms with Crippen molar-refractivity contribution >= 4 is 29.3 Å². The number of aliphatic hydroxyl groups excluding tert-OH is 1. The first-order chi connectivity index (χ1) is 12.5. The van der Waals surface area contributed by atoms with Crippen molar-refractivity contribution in [2.75, 3.05) is 24.2 Å². The molecule has 0 radical (unpaired) electrons. The van der Waals surface area contributed by atoms with Crippen LogP contribution in [-0.2, 0) is 4.79 Å². The maximum atomic E-state index is 13.1. The molecule has 1 atom stereocenters. The Bertz CT molecular complexity index is 831. The van der Waals surface area contributed by atoms with Crippen LogP contribution in [0.5, 0.6) is 5.75 Å². The van der Waals surface area contributed by atoms with Crippen molar-refractivity contribution in [3.8, 4) is 5.75 Å². The minimum atomic E-state index is -0.949. The zero-order chi connectivity index (χ0) is 18.5. The van der Waals surface area contributed by atoms with Crippen LogP contribution in [-0.4, -0.2) is 41.9 Å². The average Bonchev–Trinajstić information content (AvgIpc) is 2.63. The van der Waals surface area contributed by atoms with Gasteiger partial charge in [0.15, 0.2) is 0 Å². The predicted molar refractivity (Wildman–Crippen MR) is 96.0 cm³/mol. The Morgan fingerprint density at radius 3 is 3.00 bits per heavy atom. The molecular weight excluding hydrogens is 359 g/mol. The number of benzene rings is 2. The number of ether oxygens (including phenoxy) is 1. The molecule has 0 aliphatic carbocycles. The van der Waals surface area contributed by atoms with E-state index in [4.69, 9.17) is 4.74 Å². The highest BCUT2D eigenvalue weighted by Crippen LogP contribution is 2.31. The third-order valence-corrected chi connectivity index (χ3v) is 4.68. The van der Waals surface area contributed by atoms with Crippen molar-refractivity contribution in [1.82, 2.24) is 5.32 Å². The fourth-order valence-electron chi connectivity index (χ4n) is 2.35. The molecule has 1 aliphatic rings. The van der Waals surface area contributed by atoms with Gasteiger partial charge in [-0.15, -0.1) is 11.8 Å². The highest BCUT2D eigenvalue weighted by Gasteiger charge is 2.17. The first-order valence-corrected chi connectivity index (χ1v) is 8.91. The Hall–Kier alpha value is -2.58. The Kier molecular flexibility index (Phi) is 5.75. The lowest BCUT2D eigenvalue weighted by molar-refractivity contribution is -0.113. The smallest absolute Gasteiger partial charge is 0.251 e. The third kappa shape index (κ3) is 4.74. The molecule has 0 saturated carbocycles. The molecule has 0 fully saturated rings. The predicted octanol–water partition coefficient (Wildman–Crippen LogP) is 2.04. The SMILES string of the molecule is O=C1CSc2ccc(C(=O)NC[C@@H](O)COc3cccc(F)c3)cc2N1. The van der Waals surface area contributed by atoms with E-state index in [2.05, 4.69) is 10.6 Å². The van der Waals surface area contributed by atoms with Gasteiger partial charge in [-0.1, -0.05) is 6.07 Å². The molecule has 3 rings (SSSR count). The molecule has 136 valence electrons. The van der Waals surface area contributed by atoms with Gasteiger partial charge in [0.2, 0.25) is 5.91 Å². The summed E-state index contributed by atoms with van der Waals surface area (Å²) in [6.07, 6.45) is -0.949. The van der Waals surface area contributed by atoms with E-state index in [1.165, 1.54) is 30.0 Å². The molecule has 8 heteroatoms.